The zero-order valence-electron chi connectivity index (χ0n) is 13.5. The van der Waals surface area contributed by atoms with Crippen LogP contribution in [0.1, 0.15) is 39.7 Å². The molecule has 0 saturated carbocycles. The molecule has 2 aromatic rings. The molecule has 4 heteroatoms. The first-order valence-corrected chi connectivity index (χ1v) is 9.01. The fraction of sp³-hybridized carbons (Fsp3) is 0.421. The van der Waals surface area contributed by atoms with Crippen LogP contribution in [0, 0.1) is 5.92 Å². The Morgan fingerprint density at radius 3 is 2.87 bits per heavy atom. The lowest BCUT2D eigenvalue weighted by Crippen LogP contribution is -2.20. The summed E-state index contributed by atoms with van der Waals surface area (Å²) < 4.78 is 0. The minimum absolute atomic E-state index is 0.112. The van der Waals surface area contributed by atoms with Gasteiger partial charge in [-0.15, -0.1) is 11.3 Å². The number of thiophene rings is 1. The van der Waals surface area contributed by atoms with Crippen LogP contribution in [-0.4, -0.2) is 28.9 Å². The van der Waals surface area contributed by atoms with Gasteiger partial charge < -0.3 is 5.11 Å². The fourth-order valence-corrected chi connectivity index (χ4v) is 4.12. The Balaban J connectivity index is 1.54. The first-order chi connectivity index (χ1) is 11.1. The van der Waals surface area contributed by atoms with Gasteiger partial charge in [-0.05, 0) is 60.4 Å². The van der Waals surface area contributed by atoms with E-state index in [9.17, 15) is 9.90 Å². The fourth-order valence-electron chi connectivity index (χ4n) is 3.31. The first-order valence-electron chi connectivity index (χ1n) is 8.13. The highest BCUT2D eigenvalue weighted by Crippen LogP contribution is 2.24. The van der Waals surface area contributed by atoms with Gasteiger partial charge in [0.25, 0.3) is 0 Å². The van der Waals surface area contributed by atoms with E-state index in [2.05, 4.69) is 22.4 Å². The third kappa shape index (κ3) is 4.28. The summed E-state index contributed by atoms with van der Waals surface area (Å²) in [6, 6.07) is 10.3. The summed E-state index contributed by atoms with van der Waals surface area (Å²) in [5.41, 5.74) is 3.56. The van der Waals surface area contributed by atoms with Crippen molar-refractivity contribution in [2.75, 3.05) is 13.1 Å². The maximum Gasteiger partial charge on any atom is 0.169 e. The van der Waals surface area contributed by atoms with Crippen LogP contribution >= 0.6 is 11.3 Å². The zero-order chi connectivity index (χ0) is 16.2. The van der Waals surface area contributed by atoms with Crippen molar-refractivity contribution in [3.8, 4) is 0 Å². The Kier molecular flexibility index (Phi) is 5.26. The summed E-state index contributed by atoms with van der Waals surface area (Å²) in [5.74, 6) is 0.833. The van der Waals surface area contributed by atoms with Crippen molar-refractivity contribution in [3.63, 3.8) is 0 Å². The van der Waals surface area contributed by atoms with Crippen LogP contribution in [0.15, 0.2) is 35.7 Å². The van der Waals surface area contributed by atoms with Gasteiger partial charge in [-0.3, -0.25) is 9.69 Å². The molecule has 23 heavy (non-hydrogen) atoms. The highest BCUT2D eigenvalue weighted by molar-refractivity contribution is 7.12. The number of rotatable bonds is 6. The van der Waals surface area contributed by atoms with Crippen molar-refractivity contribution in [2.45, 2.75) is 32.9 Å². The second-order valence-electron chi connectivity index (χ2n) is 6.45. The van der Waals surface area contributed by atoms with Crippen LogP contribution in [-0.2, 0) is 19.6 Å². The number of ketones is 1. The number of hydrogen-bond donors (Lipinski definition) is 1. The molecule has 1 aromatic heterocycles. The van der Waals surface area contributed by atoms with E-state index in [1.807, 2.05) is 18.2 Å². The molecule has 0 amide bonds. The molecule has 1 saturated heterocycles. The minimum Gasteiger partial charge on any atom is -0.392 e. The van der Waals surface area contributed by atoms with E-state index >= 15 is 0 Å². The topological polar surface area (TPSA) is 40.5 Å². The maximum absolute atomic E-state index is 11.4. The molecule has 1 N–H and O–H groups in total. The molecule has 1 fully saturated rings. The monoisotopic (exact) mass is 329 g/mol. The molecular weight excluding hydrogens is 306 g/mol. The van der Waals surface area contributed by atoms with Crippen LogP contribution in [0.4, 0.5) is 0 Å². The summed E-state index contributed by atoms with van der Waals surface area (Å²) in [4.78, 5) is 14.7. The lowest BCUT2D eigenvalue weighted by atomic mass is 9.97. The number of carbonyl (C=O) groups is 1. The standard InChI is InChI=1S/C19H23NO2S/c1-14(22)19-9-18(13-23-19)11-20-6-5-16(10-20)7-15-3-2-4-17(8-15)12-21/h2-4,8-9,13,16,21H,5-7,10-12H2,1H3/t16-/m0/s1. The number of carbonyl (C=O) groups excluding carboxylic acids is 1. The lowest BCUT2D eigenvalue weighted by molar-refractivity contribution is 0.102. The lowest BCUT2D eigenvalue weighted by Gasteiger charge is -2.15. The maximum atomic E-state index is 11.4. The molecule has 0 unspecified atom stereocenters. The van der Waals surface area contributed by atoms with E-state index in [-0.39, 0.29) is 12.4 Å². The second-order valence-corrected chi connectivity index (χ2v) is 7.36. The SMILES string of the molecule is CC(=O)c1cc(CN2CC[C@@H](Cc3cccc(CO)c3)C2)cs1. The minimum atomic E-state index is 0.112. The van der Waals surface area contributed by atoms with E-state index < -0.39 is 0 Å². The summed E-state index contributed by atoms with van der Waals surface area (Å²) in [5, 5.41) is 11.3. The molecule has 3 nitrogen and oxygen atoms in total. The number of nitrogens with zero attached hydrogens (tertiary/aromatic N) is 1. The normalized spacial score (nSPS) is 18.4. The van der Waals surface area contributed by atoms with Gasteiger partial charge in [-0.2, -0.15) is 0 Å². The number of aliphatic hydroxyl groups is 1. The smallest absolute Gasteiger partial charge is 0.169 e. The number of aliphatic hydroxyl groups excluding tert-OH is 1. The van der Waals surface area contributed by atoms with Gasteiger partial charge in [-0.1, -0.05) is 24.3 Å². The summed E-state index contributed by atoms with van der Waals surface area (Å²) in [7, 11) is 0. The van der Waals surface area contributed by atoms with Crippen LogP contribution < -0.4 is 0 Å². The molecule has 122 valence electrons. The number of hydrogen-bond acceptors (Lipinski definition) is 4. The third-order valence-electron chi connectivity index (χ3n) is 4.48. The van der Waals surface area contributed by atoms with Crippen molar-refractivity contribution in [1.29, 1.82) is 0 Å². The van der Waals surface area contributed by atoms with E-state index in [0.29, 0.717) is 5.92 Å². The van der Waals surface area contributed by atoms with Crippen LogP contribution in [0.3, 0.4) is 0 Å². The van der Waals surface area contributed by atoms with E-state index in [4.69, 9.17) is 0 Å². The molecule has 3 rings (SSSR count). The predicted molar refractivity (Wildman–Crippen MR) is 93.8 cm³/mol. The van der Waals surface area contributed by atoms with Gasteiger partial charge in [-0.25, -0.2) is 0 Å². The molecule has 1 aromatic carbocycles. The number of Topliss-reactive ketones (excluding diaryl/α,β-unsaturated/α-hetero) is 1. The molecule has 1 aliphatic rings. The Bertz CT molecular complexity index is 680. The van der Waals surface area contributed by atoms with Crippen LogP contribution in [0.5, 0.6) is 0 Å². The van der Waals surface area contributed by atoms with Gasteiger partial charge in [0.15, 0.2) is 5.78 Å². The Morgan fingerprint density at radius 1 is 1.30 bits per heavy atom. The van der Waals surface area contributed by atoms with E-state index in [0.717, 1.165) is 36.5 Å². The summed E-state index contributed by atoms with van der Waals surface area (Å²) in [6.45, 7) is 4.91. The highest BCUT2D eigenvalue weighted by Gasteiger charge is 2.23. The summed E-state index contributed by atoms with van der Waals surface area (Å²) in [6.07, 6.45) is 2.29. The van der Waals surface area contributed by atoms with Crippen molar-refractivity contribution in [1.82, 2.24) is 4.90 Å². The van der Waals surface area contributed by atoms with Gasteiger partial charge in [0, 0.05) is 13.1 Å². The Morgan fingerprint density at radius 2 is 2.13 bits per heavy atom. The van der Waals surface area contributed by atoms with Crippen molar-refractivity contribution in [3.05, 3.63) is 57.3 Å². The Labute approximate surface area is 141 Å². The average Bonchev–Trinajstić information content (AvgIpc) is 3.18. The molecule has 0 spiro atoms. The van der Waals surface area contributed by atoms with Crippen molar-refractivity contribution >= 4 is 17.1 Å². The molecule has 0 aliphatic carbocycles. The Hall–Kier alpha value is -1.49. The molecule has 0 bridgehead atoms. The third-order valence-corrected chi connectivity index (χ3v) is 5.56. The van der Waals surface area contributed by atoms with Gasteiger partial charge in [0.2, 0.25) is 0 Å². The van der Waals surface area contributed by atoms with Gasteiger partial charge >= 0.3 is 0 Å². The predicted octanol–water partition coefficient (Wildman–Crippen LogP) is 3.51. The van der Waals surface area contributed by atoms with E-state index in [1.165, 1.54) is 17.5 Å². The van der Waals surface area contributed by atoms with Crippen LogP contribution in [0.25, 0.3) is 0 Å². The molecular formula is C19H23NO2S. The average molecular weight is 329 g/mol. The van der Waals surface area contributed by atoms with E-state index in [1.54, 1.807) is 18.3 Å². The molecule has 2 heterocycles. The van der Waals surface area contributed by atoms with Gasteiger partial charge in [0.05, 0.1) is 11.5 Å². The second kappa shape index (κ2) is 7.39. The largest absolute Gasteiger partial charge is 0.392 e. The first kappa shape index (κ1) is 16.4. The highest BCUT2D eigenvalue weighted by atomic mass is 32.1. The molecule has 1 aliphatic heterocycles. The van der Waals surface area contributed by atoms with Crippen molar-refractivity contribution < 1.29 is 9.90 Å². The zero-order valence-corrected chi connectivity index (χ0v) is 14.3. The number of benzene rings is 1. The molecule has 1 atom stereocenters. The summed E-state index contributed by atoms with van der Waals surface area (Å²) >= 11 is 1.55. The quantitative estimate of drug-likeness (QED) is 0.825. The molecule has 0 radical (unpaired) electrons. The van der Waals surface area contributed by atoms with Gasteiger partial charge in [0.1, 0.15) is 0 Å². The van der Waals surface area contributed by atoms with Crippen molar-refractivity contribution in [2.24, 2.45) is 5.92 Å². The number of likely N-dealkylation sites (tertiary alicyclic amines) is 1. The van der Waals surface area contributed by atoms with Crippen LogP contribution in [0.2, 0.25) is 0 Å².